The lowest BCUT2D eigenvalue weighted by molar-refractivity contribution is -0.119. The molecule has 0 aliphatic carbocycles. The minimum atomic E-state index is -0.678. The third-order valence-electron chi connectivity index (χ3n) is 3.64. The molecule has 1 atom stereocenters. The van der Waals surface area contributed by atoms with E-state index in [1.165, 1.54) is 17.1 Å². The molecule has 0 spiro atoms. The van der Waals surface area contributed by atoms with Crippen molar-refractivity contribution < 1.29 is 9.18 Å². The first-order valence-electron chi connectivity index (χ1n) is 7.47. The zero-order chi connectivity index (χ0) is 16.9. The second-order valence-corrected chi connectivity index (χ2v) is 5.47. The van der Waals surface area contributed by atoms with Gasteiger partial charge in [-0.1, -0.05) is 36.4 Å². The predicted octanol–water partition coefficient (Wildman–Crippen LogP) is 2.54. The van der Waals surface area contributed by atoms with Gasteiger partial charge in [-0.2, -0.15) is 0 Å². The van der Waals surface area contributed by atoms with Crippen LogP contribution in [0.4, 0.5) is 10.1 Å². The number of benzene rings is 2. The van der Waals surface area contributed by atoms with E-state index >= 15 is 0 Å². The molecular weight excluding hydrogens is 309 g/mol. The van der Waals surface area contributed by atoms with Crippen LogP contribution in [0.5, 0.6) is 0 Å². The molecule has 3 rings (SSSR count). The summed E-state index contributed by atoms with van der Waals surface area (Å²) in [5, 5.41) is 13.6. The zero-order valence-corrected chi connectivity index (χ0v) is 13.1. The molecule has 1 aromatic heterocycles. The first kappa shape index (κ1) is 15.8. The molecule has 0 aliphatic heterocycles. The van der Waals surface area contributed by atoms with Gasteiger partial charge in [-0.15, -0.1) is 5.10 Å². The topological polar surface area (TPSA) is 72.7 Å². The van der Waals surface area contributed by atoms with Crippen molar-refractivity contribution in [3.05, 3.63) is 71.8 Å². The standard InChI is InChI=1S/C17H16FN5O/c1-12-7-8-14(18)15(9-12)20-17(24)16(23-11-19-21-22-23)10-13-5-3-2-4-6-13/h2-9,11,16H,10H2,1H3,(H,20,24). The van der Waals surface area contributed by atoms with Gasteiger partial charge in [0.15, 0.2) is 0 Å². The molecule has 2 aromatic carbocycles. The molecule has 0 saturated carbocycles. The molecule has 0 bridgehead atoms. The van der Waals surface area contributed by atoms with E-state index in [2.05, 4.69) is 20.8 Å². The molecule has 0 aliphatic rings. The molecule has 1 unspecified atom stereocenters. The molecule has 6 nitrogen and oxygen atoms in total. The van der Waals surface area contributed by atoms with Crippen molar-refractivity contribution >= 4 is 11.6 Å². The number of aromatic nitrogens is 4. The van der Waals surface area contributed by atoms with Crippen LogP contribution in [0.1, 0.15) is 17.2 Å². The van der Waals surface area contributed by atoms with E-state index in [1.54, 1.807) is 12.1 Å². The number of anilines is 1. The predicted molar refractivity (Wildman–Crippen MR) is 86.8 cm³/mol. The van der Waals surface area contributed by atoms with Gasteiger partial charge in [0.1, 0.15) is 18.2 Å². The molecule has 1 amide bonds. The summed E-state index contributed by atoms with van der Waals surface area (Å²) in [6, 6.07) is 13.4. The van der Waals surface area contributed by atoms with E-state index in [9.17, 15) is 9.18 Å². The average molecular weight is 325 g/mol. The van der Waals surface area contributed by atoms with Crippen molar-refractivity contribution in [1.29, 1.82) is 0 Å². The Balaban J connectivity index is 1.85. The van der Waals surface area contributed by atoms with Crippen LogP contribution >= 0.6 is 0 Å². The molecule has 0 fully saturated rings. The number of carbonyl (C=O) groups excluding carboxylic acids is 1. The zero-order valence-electron chi connectivity index (χ0n) is 13.1. The fourth-order valence-electron chi connectivity index (χ4n) is 2.41. The van der Waals surface area contributed by atoms with Gasteiger partial charge < -0.3 is 5.32 Å². The van der Waals surface area contributed by atoms with Crippen LogP contribution in [-0.4, -0.2) is 26.1 Å². The second-order valence-electron chi connectivity index (χ2n) is 5.47. The number of nitrogens with zero attached hydrogens (tertiary/aromatic N) is 4. The Morgan fingerprint density at radius 1 is 1.25 bits per heavy atom. The van der Waals surface area contributed by atoms with Crippen molar-refractivity contribution in [3.63, 3.8) is 0 Å². The second kappa shape index (κ2) is 6.99. The highest BCUT2D eigenvalue weighted by Gasteiger charge is 2.23. The van der Waals surface area contributed by atoms with Crippen LogP contribution in [0.25, 0.3) is 0 Å². The van der Waals surface area contributed by atoms with E-state index in [1.807, 2.05) is 37.3 Å². The lowest BCUT2D eigenvalue weighted by Gasteiger charge is -2.17. The highest BCUT2D eigenvalue weighted by atomic mass is 19.1. The summed E-state index contributed by atoms with van der Waals surface area (Å²) in [4.78, 5) is 12.7. The molecule has 122 valence electrons. The van der Waals surface area contributed by atoms with Crippen LogP contribution in [0, 0.1) is 12.7 Å². The van der Waals surface area contributed by atoms with Gasteiger partial charge in [0, 0.05) is 6.42 Å². The summed E-state index contributed by atoms with van der Waals surface area (Å²) >= 11 is 0. The van der Waals surface area contributed by atoms with Crippen LogP contribution in [0.15, 0.2) is 54.9 Å². The van der Waals surface area contributed by atoms with Gasteiger partial charge >= 0.3 is 0 Å². The van der Waals surface area contributed by atoms with Crippen molar-refractivity contribution in [2.45, 2.75) is 19.4 Å². The molecule has 3 aromatic rings. The van der Waals surface area contributed by atoms with Gasteiger partial charge in [-0.3, -0.25) is 4.79 Å². The Kier molecular flexibility index (Phi) is 4.60. The van der Waals surface area contributed by atoms with Crippen LogP contribution < -0.4 is 5.32 Å². The summed E-state index contributed by atoms with van der Waals surface area (Å²) in [5.41, 5.74) is 1.96. The number of carbonyl (C=O) groups is 1. The molecule has 0 saturated heterocycles. The quantitative estimate of drug-likeness (QED) is 0.782. The Morgan fingerprint density at radius 3 is 2.75 bits per heavy atom. The summed E-state index contributed by atoms with van der Waals surface area (Å²) in [5.74, 6) is -0.861. The van der Waals surface area contributed by atoms with E-state index in [4.69, 9.17) is 0 Å². The van der Waals surface area contributed by atoms with Gasteiger partial charge in [-0.05, 0) is 40.6 Å². The molecule has 0 radical (unpaired) electrons. The van der Waals surface area contributed by atoms with E-state index in [0.717, 1.165) is 11.1 Å². The van der Waals surface area contributed by atoms with E-state index in [0.29, 0.717) is 6.42 Å². The smallest absolute Gasteiger partial charge is 0.249 e. The van der Waals surface area contributed by atoms with Gasteiger partial charge in [0.25, 0.3) is 0 Å². The number of rotatable bonds is 5. The van der Waals surface area contributed by atoms with Gasteiger partial charge in [0.2, 0.25) is 5.91 Å². The number of amides is 1. The molecule has 24 heavy (non-hydrogen) atoms. The number of nitrogens with one attached hydrogen (secondary N) is 1. The molecule has 1 N–H and O–H groups in total. The lowest BCUT2D eigenvalue weighted by atomic mass is 10.1. The maximum atomic E-state index is 13.9. The summed E-state index contributed by atoms with van der Waals surface area (Å²) in [6.45, 7) is 1.83. The van der Waals surface area contributed by atoms with Crippen LogP contribution in [-0.2, 0) is 11.2 Å². The van der Waals surface area contributed by atoms with Crippen molar-refractivity contribution in [1.82, 2.24) is 20.2 Å². The van der Waals surface area contributed by atoms with Crippen molar-refractivity contribution in [2.75, 3.05) is 5.32 Å². The van der Waals surface area contributed by atoms with E-state index in [-0.39, 0.29) is 11.6 Å². The third kappa shape index (κ3) is 3.62. The number of hydrogen-bond acceptors (Lipinski definition) is 4. The molecule has 1 heterocycles. The Hall–Kier alpha value is -3.09. The minimum absolute atomic E-state index is 0.145. The highest BCUT2D eigenvalue weighted by Crippen LogP contribution is 2.19. The SMILES string of the molecule is Cc1ccc(F)c(NC(=O)C(Cc2ccccc2)n2cnnn2)c1. The van der Waals surface area contributed by atoms with Crippen LogP contribution in [0.3, 0.4) is 0 Å². The Labute approximate surface area is 138 Å². The molecular formula is C17H16FN5O. The Bertz CT molecular complexity index is 820. The first-order valence-corrected chi connectivity index (χ1v) is 7.47. The Morgan fingerprint density at radius 2 is 2.04 bits per heavy atom. The maximum absolute atomic E-state index is 13.9. The largest absolute Gasteiger partial charge is 0.322 e. The first-order chi connectivity index (χ1) is 11.6. The lowest BCUT2D eigenvalue weighted by Crippen LogP contribution is -2.28. The fraction of sp³-hybridized carbons (Fsp3) is 0.176. The monoisotopic (exact) mass is 325 g/mol. The van der Waals surface area contributed by atoms with Crippen molar-refractivity contribution in [2.24, 2.45) is 0 Å². The summed E-state index contributed by atoms with van der Waals surface area (Å²) < 4.78 is 15.3. The van der Waals surface area contributed by atoms with Crippen molar-refractivity contribution in [3.8, 4) is 0 Å². The van der Waals surface area contributed by atoms with Crippen LogP contribution in [0.2, 0.25) is 0 Å². The summed E-state index contributed by atoms with van der Waals surface area (Å²) in [6.07, 6.45) is 1.77. The fourth-order valence-corrected chi connectivity index (χ4v) is 2.41. The van der Waals surface area contributed by atoms with E-state index < -0.39 is 11.9 Å². The number of halogens is 1. The highest BCUT2D eigenvalue weighted by molar-refractivity contribution is 5.94. The average Bonchev–Trinajstić information content (AvgIpc) is 3.11. The minimum Gasteiger partial charge on any atom is -0.322 e. The molecule has 7 heteroatoms. The number of aryl methyl sites for hydroxylation is 1. The maximum Gasteiger partial charge on any atom is 0.249 e. The number of tetrazole rings is 1. The van der Waals surface area contributed by atoms with Gasteiger partial charge in [-0.25, -0.2) is 9.07 Å². The normalized spacial score (nSPS) is 11.9. The summed E-state index contributed by atoms with van der Waals surface area (Å²) in [7, 11) is 0. The third-order valence-corrected chi connectivity index (χ3v) is 3.64. The van der Waals surface area contributed by atoms with Gasteiger partial charge in [0.05, 0.1) is 5.69 Å². The number of hydrogen-bond donors (Lipinski definition) is 1.